The Morgan fingerprint density at radius 1 is 1.35 bits per heavy atom. The first kappa shape index (κ1) is 15.8. The van der Waals surface area contributed by atoms with Crippen LogP contribution in [0.15, 0.2) is 24.3 Å². The first-order valence-electron chi connectivity index (χ1n) is 7.77. The zero-order chi connectivity index (χ0) is 14.5. The van der Waals surface area contributed by atoms with Gasteiger partial charge in [-0.15, -0.1) is 0 Å². The van der Waals surface area contributed by atoms with Crippen LogP contribution in [0.4, 0.5) is 0 Å². The summed E-state index contributed by atoms with van der Waals surface area (Å²) in [6.45, 7) is 7.11. The van der Waals surface area contributed by atoms with Gasteiger partial charge in [0.25, 0.3) is 0 Å². The Morgan fingerprint density at radius 3 is 2.75 bits per heavy atom. The van der Waals surface area contributed by atoms with E-state index in [0.717, 1.165) is 23.9 Å². The summed E-state index contributed by atoms with van der Waals surface area (Å²) in [5.74, 6) is 0.880. The van der Waals surface area contributed by atoms with Crippen molar-refractivity contribution in [1.29, 1.82) is 0 Å². The van der Waals surface area contributed by atoms with Gasteiger partial charge in [-0.25, -0.2) is 0 Å². The number of benzene rings is 1. The van der Waals surface area contributed by atoms with Gasteiger partial charge in [-0.1, -0.05) is 36.7 Å². The van der Waals surface area contributed by atoms with Crippen LogP contribution in [0, 0.1) is 5.92 Å². The van der Waals surface area contributed by atoms with Gasteiger partial charge in [0.2, 0.25) is 0 Å². The number of halogens is 1. The molecule has 0 spiro atoms. The van der Waals surface area contributed by atoms with Gasteiger partial charge < -0.3 is 10.2 Å². The molecule has 20 heavy (non-hydrogen) atoms. The lowest BCUT2D eigenvalue weighted by Crippen LogP contribution is -2.41. The first-order valence-corrected chi connectivity index (χ1v) is 8.15. The molecule has 0 aromatic heterocycles. The molecule has 2 nitrogen and oxygen atoms in total. The van der Waals surface area contributed by atoms with Gasteiger partial charge in [-0.2, -0.15) is 0 Å². The standard InChI is InChI=1S/C17H27ClN2/c1-13-8-10-20(14(2)12-13)11-9-17(19-3)15-6-4-5-7-16(15)18/h4-7,13-14,17,19H,8-12H2,1-3H3. The van der Waals surface area contributed by atoms with Gasteiger partial charge in [0.1, 0.15) is 0 Å². The Bertz CT molecular complexity index is 421. The number of likely N-dealkylation sites (tertiary alicyclic amines) is 1. The second-order valence-electron chi connectivity index (χ2n) is 6.17. The summed E-state index contributed by atoms with van der Waals surface area (Å²) in [6, 6.07) is 9.22. The fraction of sp³-hybridized carbons (Fsp3) is 0.647. The molecule has 0 radical (unpaired) electrons. The Kier molecular flexibility index (Phi) is 5.88. The number of hydrogen-bond acceptors (Lipinski definition) is 2. The molecule has 1 aromatic carbocycles. The largest absolute Gasteiger partial charge is 0.313 e. The molecule has 2 rings (SSSR count). The number of hydrogen-bond donors (Lipinski definition) is 1. The van der Waals surface area contributed by atoms with Crippen LogP contribution in [-0.4, -0.2) is 31.1 Å². The normalized spacial score (nSPS) is 25.6. The highest BCUT2D eigenvalue weighted by atomic mass is 35.5. The molecule has 1 heterocycles. The van der Waals surface area contributed by atoms with Crippen molar-refractivity contribution in [3.05, 3.63) is 34.9 Å². The number of piperidine rings is 1. The van der Waals surface area contributed by atoms with Crippen LogP contribution >= 0.6 is 11.6 Å². The summed E-state index contributed by atoms with van der Waals surface area (Å²) in [6.07, 6.45) is 3.77. The highest BCUT2D eigenvalue weighted by Crippen LogP contribution is 2.27. The second kappa shape index (κ2) is 7.44. The van der Waals surface area contributed by atoms with E-state index >= 15 is 0 Å². The minimum absolute atomic E-state index is 0.343. The molecule has 112 valence electrons. The average molecular weight is 295 g/mol. The maximum absolute atomic E-state index is 6.31. The molecule has 0 amide bonds. The Hall–Kier alpha value is -0.570. The summed E-state index contributed by atoms with van der Waals surface area (Å²) in [5, 5.41) is 4.28. The number of nitrogens with one attached hydrogen (secondary N) is 1. The molecule has 1 aromatic rings. The topological polar surface area (TPSA) is 15.3 Å². The third-order valence-corrected chi connectivity index (χ3v) is 4.95. The molecule has 1 fully saturated rings. The SMILES string of the molecule is CNC(CCN1CCC(C)CC1C)c1ccccc1Cl. The van der Waals surface area contributed by atoms with Crippen molar-refractivity contribution in [3.63, 3.8) is 0 Å². The van der Waals surface area contributed by atoms with Crippen LogP contribution in [0.3, 0.4) is 0 Å². The third-order valence-electron chi connectivity index (χ3n) is 4.61. The van der Waals surface area contributed by atoms with Crippen molar-refractivity contribution in [2.75, 3.05) is 20.1 Å². The smallest absolute Gasteiger partial charge is 0.0453 e. The zero-order valence-corrected chi connectivity index (χ0v) is 13.7. The fourth-order valence-electron chi connectivity index (χ4n) is 3.30. The minimum Gasteiger partial charge on any atom is -0.313 e. The van der Waals surface area contributed by atoms with Crippen LogP contribution in [0.5, 0.6) is 0 Å². The molecule has 1 aliphatic heterocycles. The highest BCUT2D eigenvalue weighted by molar-refractivity contribution is 6.31. The highest BCUT2D eigenvalue weighted by Gasteiger charge is 2.23. The third kappa shape index (κ3) is 3.97. The monoisotopic (exact) mass is 294 g/mol. The van der Waals surface area contributed by atoms with E-state index in [1.807, 2.05) is 19.2 Å². The second-order valence-corrected chi connectivity index (χ2v) is 6.57. The van der Waals surface area contributed by atoms with E-state index in [-0.39, 0.29) is 0 Å². The lowest BCUT2D eigenvalue weighted by Gasteiger charge is -2.37. The molecule has 0 bridgehead atoms. The van der Waals surface area contributed by atoms with E-state index in [1.165, 1.54) is 24.9 Å². The number of rotatable bonds is 5. The molecule has 1 aliphatic rings. The molecule has 0 saturated carbocycles. The van der Waals surface area contributed by atoms with Gasteiger partial charge in [-0.05, 0) is 57.3 Å². The quantitative estimate of drug-likeness (QED) is 0.879. The van der Waals surface area contributed by atoms with E-state index in [2.05, 4.69) is 36.2 Å². The van der Waals surface area contributed by atoms with Gasteiger partial charge in [0, 0.05) is 23.7 Å². The van der Waals surface area contributed by atoms with Gasteiger partial charge in [-0.3, -0.25) is 0 Å². The van der Waals surface area contributed by atoms with E-state index in [4.69, 9.17) is 11.6 Å². The maximum atomic E-state index is 6.31. The summed E-state index contributed by atoms with van der Waals surface area (Å²) >= 11 is 6.31. The zero-order valence-electron chi connectivity index (χ0n) is 12.9. The Balaban J connectivity index is 1.93. The molecular formula is C17H27ClN2. The minimum atomic E-state index is 0.343. The van der Waals surface area contributed by atoms with E-state index in [9.17, 15) is 0 Å². The molecular weight excluding hydrogens is 268 g/mol. The van der Waals surface area contributed by atoms with Crippen molar-refractivity contribution in [3.8, 4) is 0 Å². The number of nitrogens with zero attached hydrogens (tertiary/aromatic N) is 1. The lowest BCUT2D eigenvalue weighted by molar-refractivity contribution is 0.124. The summed E-state index contributed by atoms with van der Waals surface area (Å²) < 4.78 is 0. The van der Waals surface area contributed by atoms with E-state index < -0.39 is 0 Å². The fourth-order valence-corrected chi connectivity index (χ4v) is 3.56. The summed E-state index contributed by atoms with van der Waals surface area (Å²) in [7, 11) is 2.02. The maximum Gasteiger partial charge on any atom is 0.0453 e. The van der Waals surface area contributed by atoms with Gasteiger partial charge >= 0.3 is 0 Å². The van der Waals surface area contributed by atoms with Crippen LogP contribution in [0.1, 0.15) is 44.7 Å². The predicted octanol–water partition coefficient (Wildman–Crippen LogP) is 4.11. The van der Waals surface area contributed by atoms with Crippen molar-refractivity contribution in [2.24, 2.45) is 5.92 Å². The molecule has 1 saturated heterocycles. The Labute approximate surface area is 128 Å². The van der Waals surface area contributed by atoms with E-state index in [1.54, 1.807) is 0 Å². The molecule has 0 aliphatic carbocycles. The van der Waals surface area contributed by atoms with E-state index in [0.29, 0.717) is 12.1 Å². The van der Waals surface area contributed by atoms with Crippen molar-refractivity contribution < 1.29 is 0 Å². The van der Waals surface area contributed by atoms with Crippen LogP contribution in [0.25, 0.3) is 0 Å². The van der Waals surface area contributed by atoms with Gasteiger partial charge in [0.15, 0.2) is 0 Å². The molecule has 3 heteroatoms. The molecule has 3 atom stereocenters. The summed E-state index contributed by atoms with van der Waals surface area (Å²) in [4.78, 5) is 2.63. The van der Waals surface area contributed by atoms with Crippen molar-refractivity contribution in [2.45, 2.75) is 45.2 Å². The first-order chi connectivity index (χ1) is 9.61. The molecule has 1 N–H and O–H groups in total. The van der Waals surface area contributed by atoms with Crippen molar-refractivity contribution in [1.82, 2.24) is 10.2 Å². The van der Waals surface area contributed by atoms with Crippen molar-refractivity contribution >= 4 is 11.6 Å². The summed E-state index contributed by atoms with van der Waals surface area (Å²) in [5.41, 5.74) is 1.22. The Morgan fingerprint density at radius 2 is 2.10 bits per heavy atom. The lowest BCUT2D eigenvalue weighted by atomic mass is 9.93. The predicted molar refractivity (Wildman–Crippen MR) is 87.3 cm³/mol. The van der Waals surface area contributed by atoms with Gasteiger partial charge in [0.05, 0.1) is 0 Å². The molecule has 3 unspecified atom stereocenters. The van der Waals surface area contributed by atoms with Crippen LogP contribution in [-0.2, 0) is 0 Å². The van der Waals surface area contributed by atoms with Crippen LogP contribution in [0.2, 0.25) is 5.02 Å². The average Bonchev–Trinajstić information content (AvgIpc) is 2.43. The van der Waals surface area contributed by atoms with Crippen LogP contribution < -0.4 is 5.32 Å².